The van der Waals surface area contributed by atoms with Gasteiger partial charge in [-0.25, -0.2) is 4.79 Å². The van der Waals surface area contributed by atoms with Crippen LogP contribution < -0.4 is 16.6 Å². The molecule has 0 saturated carbocycles. The molecule has 1 amide bonds. The molecule has 1 aromatic heterocycles. The lowest BCUT2D eigenvalue weighted by atomic mass is 9.89. The smallest absolute Gasteiger partial charge is 0.330 e. The van der Waals surface area contributed by atoms with E-state index in [1.54, 1.807) is 6.92 Å². The minimum Gasteiger partial charge on any atom is -0.388 e. The van der Waals surface area contributed by atoms with Crippen molar-refractivity contribution in [3.63, 3.8) is 0 Å². The summed E-state index contributed by atoms with van der Waals surface area (Å²) in [6.45, 7) is 8.96. The van der Waals surface area contributed by atoms with Gasteiger partial charge in [-0.1, -0.05) is 27.7 Å². The Morgan fingerprint density at radius 1 is 1.44 bits per heavy atom. The lowest BCUT2D eigenvalue weighted by molar-refractivity contribution is -0.144. The van der Waals surface area contributed by atoms with Gasteiger partial charge < -0.3 is 19.9 Å². The van der Waals surface area contributed by atoms with Gasteiger partial charge >= 0.3 is 5.69 Å². The van der Waals surface area contributed by atoms with Crippen LogP contribution in [0.15, 0.2) is 15.8 Å². The van der Waals surface area contributed by atoms with Crippen molar-refractivity contribution in [3.05, 3.63) is 32.6 Å². The summed E-state index contributed by atoms with van der Waals surface area (Å²) in [5.41, 5.74) is -1.23. The topological polar surface area (TPSA) is 123 Å². The number of hydrogen-bond donors (Lipinski definition) is 3. The molecule has 152 valence electrons. The Morgan fingerprint density at radius 2 is 2.07 bits per heavy atom. The molecule has 0 bridgehead atoms. The van der Waals surface area contributed by atoms with E-state index in [4.69, 9.17) is 9.47 Å². The van der Waals surface area contributed by atoms with Gasteiger partial charge in [-0.2, -0.15) is 0 Å². The first-order valence-corrected chi connectivity index (χ1v) is 9.07. The van der Waals surface area contributed by atoms with E-state index in [0.29, 0.717) is 12.0 Å². The highest BCUT2D eigenvalue weighted by Gasteiger charge is 2.46. The van der Waals surface area contributed by atoms with Gasteiger partial charge in [0.15, 0.2) is 6.23 Å². The van der Waals surface area contributed by atoms with Crippen LogP contribution in [0, 0.1) is 0 Å². The number of aromatic amines is 1. The van der Waals surface area contributed by atoms with Gasteiger partial charge in [-0.3, -0.25) is 19.1 Å². The number of nitrogens with one attached hydrogen (secondary N) is 2. The van der Waals surface area contributed by atoms with Gasteiger partial charge in [0.05, 0.1) is 6.10 Å². The number of ether oxygens (including phenoxy) is 2. The van der Waals surface area contributed by atoms with Crippen LogP contribution in [-0.2, 0) is 19.7 Å². The standard InChI is InChI=1S/C18H29N3O6/c1-7-11-12(22)13(26-9(2)14(23)19-6)16(27-11)21-8-10(18(3,4)5)15(24)20-17(21)25/h8-9,11-13,16,22H,7H2,1-6H3,(H,19,23)(H,20,24,25). The number of H-pyrrole nitrogens is 1. The second kappa shape index (κ2) is 7.95. The van der Waals surface area contributed by atoms with Crippen molar-refractivity contribution in [2.24, 2.45) is 0 Å². The van der Waals surface area contributed by atoms with Crippen molar-refractivity contribution in [1.82, 2.24) is 14.9 Å². The molecule has 1 aliphatic heterocycles. The monoisotopic (exact) mass is 383 g/mol. The molecule has 27 heavy (non-hydrogen) atoms. The number of rotatable bonds is 5. The number of likely N-dealkylation sites (N-methyl/N-ethyl adjacent to an activating group) is 1. The maximum Gasteiger partial charge on any atom is 0.330 e. The number of aromatic nitrogens is 2. The summed E-state index contributed by atoms with van der Waals surface area (Å²) in [6.07, 6.45) is -2.41. The first-order valence-electron chi connectivity index (χ1n) is 9.07. The third kappa shape index (κ3) is 4.31. The maximum atomic E-state index is 12.4. The molecule has 9 nitrogen and oxygen atoms in total. The number of amides is 1. The number of carbonyl (C=O) groups is 1. The van der Waals surface area contributed by atoms with Crippen LogP contribution in [-0.4, -0.2) is 52.0 Å². The molecule has 2 heterocycles. The fourth-order valence-corrected chi connectivity index (χ4v) is 3.14. The molecular formula is C18H29N3O6. The van der Waals surface area contributed by atoms with Crippen molar-refractivity contribution in [2.75, 3.05) is 7.05 Å². The maximum absolute atomic E-state index is 12.4. The molecule has 3 N–H and O–H groups in total. The van der Waals surface area contributed by atoms with E-state index in [-0.39, 0.29) is 5.91 Å². The van der Waals surface area contributed by atoms with Crippen LogP contribution in [0.4, 0.5) is 0 Å². The first kappa shape index (κ1) is 21.3. The molecule has 1 aliphatic rings. The van der Waals surface area contributed by atoms with E-state index in [1.165, 1.54) is 17.8 Å². The van der Waals surface area contributed by atoms with Crippen LogP contribution in [0.25, 0.3) is 0 Å². The molecule has 5 atom stereocenters. The Labute approximate surface area is 157 Å². The normalized spacial score (nSPS) is 26.8. The average Bonchev–Trinajstić information content (AvgIpc) is 2.89. The van der Waals surface area contributed by atoms with E-state index in [9.17, 15) is 19.5 Å². The van der Waals surface area contributed by atoms with Crippen molar-refractivity contribution in [1.29, 1.82) is 0 Å². The summed E-state index contributed by atoms with van der Waals surface area (Å²) >= 11 is 0. The van der Waals surface area contributed by atoms with Gasteiger partial charge in [0.2, 0.25) is 5.91 Å². The van der Waals surface area contributed by atoms with Crippen LogP contribution in [0.1, 0.15) is 52.8 Å². The van der Waals surface area contributed by atoms with Crippen LogP contribution in [0.5, 0.6) is 0 Å². The Hall–Kier alpha value is -1.97. The zero-order valence-corrected chi connectivity index (χ0v) is 16.6. The summed E-state index contributed by atoms with van der Waals surface area (Å²) in [7, 11) is 1.48. The highest BCUT2D eigenvalue weighted by molar-refractivity contribution is 5.79. The third-order valence-corrected chi connectivity index (χ3v) is 4.74. The van der Waals surface area contributed by atoms with Gasteiger partial charge in [0.1, 0.15) is 18.3 Å². The summed E-state index contributed by atoms with van der Waals surface area (Å²) in [6, 6.07) is 0. The van der Waals surface area contributed by atoms with E-state index < -0.39 is 47.3 Å². The van der Waals surface area contributed by atoms with Crippen molar-refractivity contribution >= 4 is 5.91 Å². The first-order chi connectivity index (χ1) is 12.5. The summed E-state index contributed by atoms with van der Waals surface area (Å²) in [5.74, 6) is -0.356. The van der Waals surface area contributed by atoms with E-state index in [0.717, 1.165) is 0 Å². The van der Waals surface area contributed by atoms with Crippen molar-refractivity contribution in [3.8, 4) is 0 Å². The lowest BCUT2D eigenvalue weighted by Gasteiger charge is -2.26. The lowest BCUT2D eigenvalue weighted by Crippen LogP contribution is -2.44. The van der Waals surface area contributed by atoms with Gasteiger partial charge in [0.25, 0.3) is 5.56 Å². The molecule has 0 spiro atoms. The van der Waals surface area contributed by atoms with Gasteiger partial charge in [-0.05, 0) is 18.8 Å². The third-order valence-electron chi connectivity index (χ3n) is 4.74. The molecule has 2 rings (SSSR count). The second-order valence-electron chi connectivity index (χ2n) is 7.78. The fourth-order valence-electron chi connectivity index (χ4n) is 3.14. The quantitative estimate of drug-likeness (QED) is 0.659. The van der Waals surface area contributed by atoms with Gasteiger partial charge in [0, 0.05) is 18.8 Å². The predicted octanol–water partition coefficient (Wildman–Crippen LogP) is 0.0221. The summed E-state index contributed by atoms with van der Waals surface area (Å²) < 4.78 is 12.8. The molecule has 1 aromatic rings. The molecule has 1 saturated heterocycles. The van der Waals surface area contributed by atoms with Crippen molar-refractivity contribution < 1.29 is 19.4 Å². The van der Waals surface area contributed by atoms with Crippen LogP contribution in [0.2, 0.25) is 0 Å². The Balaban J connectivity index is 2.49. The Morgan fingerprint density at radius 3 is 2.59 bits per heavy atom. The summed E-state index contributed by atoms with van der Waals surface area (Å²) in [4.78, 5) is 38.7. The number of carbonyl (C=O) groups excluding carboxylic acids is 1. The van der Waals surface area contributed by atoms with Crippen LogP contribution >= 0.6 is 0 Å². The van der Waals surface area contributed by atoms with E-state index in [1.807, 2.05) is 27.7 Å². The Kier molecular flexibility index (Phi) is 6.28. The fraction of sp³-hybridized carbons (Fsp3) is 0.722. The average molecular weight is 383 g/mol. The molecule has 0 radical (unpaired) electrons. The highest BCUT2D eigenvalue weighted by atomic mass is 16.6. The van der Waals surface area contributed by atoms with Crippen LogP contribution in [0.3, 0.4) is 0 Å². The molecule has 1 fully saturated rings. The number of aliphatic hydroxyl groups excluding tert-OH is 1. The number of nitrogens with zero attached hydrogens (tertiary/aromatic N) is 1. The molecular weight excluding hydrogens is 354 g/mol. The minimum absolute atomic E-state index is 0.356. The number of hydrogen-bond acceptors (Lipinski definition) is 6. The van der Waals surface area contributed by atoms with Crippen molar-refractivity contribution in [2.45, 2.75) is 77.1 Å². The highest BCUT2D eigenvalue weighted by Crippen LogP contribution is 2.33. The zero-order valence-electron chi connectivity index (χ0n) is 16.6. The largest absolute Gasteiger partial charge is 0.388 e. The predicted molar refractivity (Wildman–Crippen MR) is 98.6 cm³/mol. The van der Waals surface area contributed by atoms with Gasteiger partial charge in [-0.15, -0.1) is 0 Å². The van der Waals surface area contributed by atoms with E-state index >= 15 is 0 Å². The second-order valence-corrected chi connectivity index (χ2v) is 7.78. The molecule has 0 aromatic carbocycles. The zero-order chi connectivity index (χ0) is 20.5. The van der Waals surface area contributed by atoms with E-state index in [2.05, 4.69) is 10.3 Å². The molecule has 0 aliphatic carbocycles. The minimum atomic E-state index is -1.02. The molecule has 9 heteroatoms. The Bertz CT molecular complexity index is 794. The summed E-state index contributed by atoms with van der Waals surface area (Å²) in [5, 5.41) is 13.1. The molecule has 5 unspecified atom stereocenters. The number of aliphatic hydroxyl groups is 1. The SMILES string of the molecule is CCC1OC(n2cc(C(C)(C)C)c(=O)[nH]c2=O)C(OC(C)C(=O)NC)C1O.